The molecule has 3 atom stereocenters. The third kappa shape index (κ3) is 2.92. The van der Waals surface area contributed by atoms with Crippen LogP contribution in [0.5, 0.6) is 5.75 Å². The number of halogens is 1. The van der Waals surface area contributed by atoms with Crippen LogP contribution in [0.25, 0.3) is 0 Å². The fourth-order valence-electron chi connectivity index (χ4n) is 3.85. The molecule has 2 aliphatic rings. The molecule has 1 aromatic carbocycles. The van der Waals surface area contributed by atoms with Gasteiger partial charge in [0.15, 0.2) is 11.6 Å². The van der Waals surface area contributed by atoms with Crippen LogP contribution in [0.2, 0.25) is 0 Å². The van der Waals surface area contributed by atoms with Gasteiger partial charge in [-0.25, -0.2) is 4.39 Å². The van der Waals surface area contributed by atoms with Crippen molar-refractivity contribution in [2.24, 2.45) is 0 Å². The SMILES string of the molecule is COc1ccc(C(C)N(C)C2CC3CCC(C2)N3)cc1F. The number of rotatable bonds is 4. The predicted octanol–water partition coefficient (Wildman–Crippen LogP) is 3.11. The second-order valence-electron chi connectivity index (χ2n) is 6.50. The number of hydrogen-bond acceptors (Lipinski definition) is 3. The summed E-state index contributed by atoms with van der Waals surface area (Å²) >= 11 is 0. The number of benzene rings is 1. The highest BCUT2D eigenvalue weighted by Crippen LogP contribution is 2.33. The Morgan fingerprint density at radius 3 is 2.52 bits per heavy atom. The maximum atomic E-state index is 13.9. The van der Waals surface area contributed by atoms with E-state index >= 15 is 0 Å². The highest BCUT2D eigenvalue weighted by atomic mass is 19.1. The zero-order chi connectivity index (χ0) is 15.0. The average Bonchev–Trinajstić information content (AvgIpc) is 2.84. The number of methoxy groups -OCH3 is 1. The van der Waals surface area contributed by atoms with E-state index in [9.17, 15) is 4.39 Å². The lowest BCUT2D eigenvalue weighted by Crippen LogP contribution is -2.47. The summed E-state index contributed by atoms with van der Waals surface area (Å²) in [6.45, 7) is 2.16. The molecule has 1 N–H and O–H groups in total. The van der Waals surface area contributed by atoms with Gasteiger partial charge < -0.3 is 10.1 Å². The number of hydrogen-bond donors (Lipinski definition) is 1. The van der Waals surface area contributed by atoms with E-state index in [1.54, 1.807) is 12.1 Å². The van der Waals surface area contributed by atoms with Gasteiger partial charge in [0.1, 0.15) is 0 Å². The lowest BCUT2D eigenvalue weighted by atomic mass is 9.96. The molecular weight excluding hydrogens is 267 g/mol. The Hall–Kier alpha value is -1.13. The van der Waals surface area contributed by atoms with E-state index in [2.05, 4.69) is 24.2 Å². The lowest BCUT2D eigenvalue weighted by Gasteiger charge is -2.39. The van der Waals surface area contributed by atoms with Crippen LogP contribution in [0, 0.1) is 5.82 Å². The first kappa shape index (κ1) is 14.8. The second-order valence-corrected chi connectivity index (χ2v) is 6.50. The van der Waals surface area contributed by atoms with E-state index in [-0.39, 0.29) is 11.9 Å². The molecule has 4 heteroatoms. The minimum atomic E-state index is -0.277. The Kier molecular flexibility index (Phi) is 4.18. The summed E-state index contributed by atoms with van der Waals surface area (Å²) in [7, 11) is 3.67. The van der Waals surface area contributed by atoms with Crippen molar-refractivity contribution < 1.29 is 9.13 Å². The first-order chi connectivity index (χ1) is 10.1. The summed E-state index contributed by atoms with van der Waals surface area (Å²) < 4.78 is 18.9. The van der Waals surface area contributed by atoms with E-state index in [0.29, 0.717) is 23.9 Å². The highest BCUT2D eigenvalue weighted by molar-refractivity contribution is 5.31. The second kappa shape index (κ2) is 5.93. The van der Waals surface area contributed by atoms with Crippen molar-refractivity contribution in [3.8, 4) is 5.75 Å². The smallest absolute Gasteiger partial charge is 0.165 e. The van der Waals surface area contributed by atoms with Crippen LogP contribution in [0.3, 0.4) is 0 Å². The van der Waals surface area contributed by atoms with Crippen LogP contribution in [-0.2, 0) is 0 Å². The topological polar surface area (TPSA) is 24.5 Å². The summed E-state index contributed by atoms with van der Waals surface area (Å²) in [5, 5.41) is 3.67. The summed E-state index contributed by atoms with van der Waals surface area (Å²) in [6, 6.07) is 7.46. The number of nitrogens with zero attached hydrogens (tertiary/aromatic N) is 1. The Labute approximate surface area is 126 Å². The molecule has 0 aliphatic carbocycles. The highest BCUT2D eigenvalue weighted by Gasteiger charge is 2.36. The molecule has 2 heterocycles. The molecule has 2 saturated heterocycles. The summed E-state index contributed by atoms with van der Waals surface area (Å²) in [5.41, 5.74) is 1.02. The molecule has 21 heavy (non-hydrogen) atoms. The van der Waals surface area contributed by atoms with E-state index in [1.807, 2.05) is 6.07 Å². The lowest BCUT2D eigenvalue weighted by molar-refractivity contribution is 0.132. The third-order valence-electron chi connectivity index (χ3n) is 5.29. The average molecular weight is 292 g/mol. The molecule has 116 valence electrons. The zero-order valence-electron chi connectivity index (χ0n) is 13.1. The zero-order valence-corrected chi connectivity index (χ0v) is 13.1. The maximum absolute atomic E-state index is 13.9. The monoisotopic (exact) mass is 292 g/mol. The maximum Gasteiger partial charge on any atom is 0.165 e. The third-order valence-corrected chi connectivity index (χ3v) is 5.29. The van der Waals surface area contributed by atoms with Gasteiger partial charge in [0.05, 0.1) is 7.11 Å². The standard InChI is InChI=1S/C17H25FN2O/c1-11(12-4-7-17(21-3)16(18)8-12)20(2)15-9-13-5-6-14(10-15)19-13/h4,7-8,11,13-15,19H,5-6,9-10H2,1-3H3. The molecule has 0 radical (unpaired) electrons. The van der Waals surface area contributed by atoms with Crippen LogP contribution in [-0.4, -0.2) is 37.2 Å². The van der Waals surface area contributed by atoms with Crippen molar-refractivity contribution in [1.82, 2.24) is 10.2 Å². The van der Waals surface area contributed by atoms with Crippen LogP contribution < -0.4 is 10.1 Å². The Bertz CT molecular complexity index is 496. The molecule has 0 amide bonds. The van der Waals surface area contributed by atoms with Gasteiger partial charge in [-0.15, -0.1) is 0 Å². The Morgan fingerprint density at radius 1 is 1.29 bits per heavy atom. The van der Waals surface area contributed by atoms with Gasteiger partial charge in [0, 0.05) is 24.2 Å². The number of piperidine rings is 1. The van der Waals surface area contributed by atoms with Crippen LogP contribution in [0.4, 0.5) is 4.39 Å². The molecule has 3 nitrogen and oxygen atoms in total. The van der Waals surface area contributed by atoms with E-state index in [1.165, 1.54) is 32.8 Å². The molecule has 2 aliphatic heterocycles. The molecule has 2 fully saturated rings. The minimum Gasteiger partial charge on any atom is -0.494 e. The largest absolute Gasteiger partial charge is 0.494 e. The number of nitrogens with one attached hydrogen (secondary N) is 1. The van der Waals surface area contributed by atoms with Gasteiger partial charge >= 0.3 is 0 Å². The normalized spacial score (nSPS) is 29.7. The molecule has 3 rings (SSSR count). The van der Waals surface area contributed by atoms with E-state index < -0.39 is 0 Å². The van der Waals surface area contributed by atoms with Crippen molar-refractivity contribution in [3.63, 3.8) is 0 Å². The van der Waals surface area contributed by atoms with Crippen LogP contribution in [0.15, 0.2) is 18.2 Å². The van der Waals surface area contributed by atoms with Crippen molar-refractivity contribution in [3.05, 3.63) is 29.6 Å². The minimum absolute atomic E-state index is 0.216. The van der Waals surface area contributed by atoms with Crippen LogP contribution in [0.1, 0.15) is 44.2 Å². The van der Waals surface area contributed by atoms with Gasteiger partial charge in [-0.1, -0.05) is 6.07 Å². The summed E-state index contributed by atoms with van der Waals surface area (Å²) in [6.07, 6.45) is 5.02. The fraction of sp³-hybridized carbons (Fsp3) is 0.647. The Morgan fingerprint density at radius 2 is 1.95 bits per heavy atom. The first-order valence-electron chi connectivity index (χ1n) is 7.90. The van der Waals surface area contributed by atoms with Crippen molar-refractivity contribution >= 4 is 0 Å². The number of ether oxygens (including phenoxy) is 1. The quantitative estimate of drug-likeness (QED) is 0.923. The van der Waals surface area contributed by atoms with Crippen molar-refractivity contribution in [1.29, 1.82) is 0 Å². The van der Waals surface area contributed by atoms with Crippen LogP contribution >= 0.6 is 0 Å². The molecule has 1 aromatic rings. The number of fused-ring (bicyclic) bond motifs is 2. The first-order valence-corrected chi connectivity index (χ1v) is 7.90. The molecule has 3 unspecified atom stereocenters. The molecule has 2 bridgehead atoms. The van der Waals surface area contributed by atoms with Gasteiger partial charge in [0.2, 0.25) is 0 Å². The van der Waals surface area contributed by atoms with Crippen molar-refractivity contribution in [2.75, 3.05) is 14.2 Å². The van der Waals surface area contributed by atoms with E-state index in [0.717, 1.165) is 5.56 Å². The van der Waals surface area contributed by atoms with Gasteiger partial charge in [-0.3, -0.25) is 4.90 Å². The summed E-state index contributed by atoms with van der Waals surface area (Å²) in [4.78, 5) is 2.41. The van der Waals surface area contributed by atoms with Gasteiger partial charge in [-0.2, -0.15) is 0 Å². The molecule has 0 aromatic heterocycles. The fourth-order valence-corrected chi connectivity index (χ4v) is 3.85. The summed E-state index contributed by atoms with van der Waals surface area (Å²) in [5.74, 6) is 0.0362. The molecular formula is C17H25FN2O. The van der Waals surface area contributed by atoms with E-state index in [4.69, 9.17) is 4.74 Å². The molecule has 0 spiro atoms. The predicted molar refractivity (Wildman–Crippen MR) is 82.1 cm³/mol. The van der Waals surface area contributed by atoms with Gasteiger partial charge in [0.25, 0.3) is 0 Å². The van der Waals surface area contributed by atoms with Crippen molar-refractivity contribution in [2.45, 2.75) is 56.8 Å². The Balaban J connectivity index is 1.72. The molecule has 0 saturated carbocycles. The van der Waals surface area contributed by atoms with Gasteiger partial charge in [-0.05, 0) is 57.4 Å².